The molecule has 0 aliphatic heterocycles. The molecule has 1 heterocycles. The lowest BCUT2D eigenvalue weighted by Crippen LogP contribution is -2.10. The second-order valence-corrected chi connectivity index (χ2v) is 5.99. The fourth-order valence-electron chi connectivity index (χ4n) is 1.98. The maximum absolute atomic E-state index is 11.7. The molecule has 22 heavy (non-hydrogen) atoms. The fraction of sp³-hybridized carbons (Fsp3) is 0.263. The van der Waals surface area contributed by atoms with Gasteiger partial charge >= 0.3 is 5.97 Å². The summed E-state index contributed by atoms with van der Waals surface area (Å²) in [5.41, 5.74) is 3.26. The minimum absolute atomic E-state index is 0.118. The molecule has 0 unspecified atom stereocenters. The number of benzene rings is 1. The van der Waals surface area contributed by atoms with Crippen LogP contribution in [0.3, 0.4) is 0 Å². The van der Waals surface area contributed by atoms with Crippen LogP contribution in [-0.4, -0.2) is 18.1 Å². The summed E-state index contributed by atoms with van der Waals surface area (Å²) in [4.78, 5) is 15.7. The summed E-state index contributed by atoms with van der Waals surface area (Å²) in [5, 5.41) is 0. The van der Waals surface area contributed by atoms with Crippen LogP contribution in [0, 0.1) is 11.8 Å². The Hall–Kier alpha value is -2.60. The van der Waals surface area contributed by atoms with Crippen LogP contribution in [0.1, 0.15) is 47.8 Å². The number of hydrogen-bond donors (Lipinski definition) is 0. The van der Waals surface area contributed by atoms with Gasteiger partial charge in [-0.1, -0.05) is 44.7 Å². The predicted molar refractivity (Wildman–Crippen MR) is 86.7 cm³/mol. The molecule has 2 aromatic rings. The van der Waals surface area contributed by atoms with Gasteiger partial charge in [-0.25, -0.2) is 4.79 Å². The summed E-state index contributed by atoms with van der Waals surface area (Å²) in [5.74, 6) is 5.64. The number of methoxy groups -OCH3 is 1. The van der Waals surface area contributed by atoms with Crippen LogP contribution in [0.4, 0.5) is 0 Å². The molecule has 2 rings (SSSR count). The van der Waals surface area contributed by atoms with Crippen molar-refractivity contribution < 1.29 is 9.53 Å². The van der Waals surface area contributed by atoms with Gasteiger partial charge in [-0.05, 0) is 29.2 Å². The van der Waals surface area contributed by atoms with Crippen molar-refractivity contribution in [2.24, 2.45) is 0 Å². The van der Waals surface area contributed by atoms with E-state index in [0.29, 0.717) is 11.1 Å². The van der Waals surface area contributed by atoms with Crippen LogP contribution in [0.15, 0.2) is 42.7 Å². The standard InChI is InChI=1S/C19H19NO2/c1-19(2,3)16-9-6-14(7-10-16)5-8-15-13-20-12-11-17(15)18(21)22-4/h6-7,9-13H,1-4H3. The Bertz CT molecular complexity index is 729. The van der Waals surface area contributed by atoms with Gasteiger partial charge in [-0.2, -0.15) is 0 Å². The van der Waals surface area contributed by atoms with E-state index in [-0.39, 0.29) is 5.41 Å². The smallest absolute Gasteiger partial charge is 0.339 e. The predicted octanol–water partition coefficient (Wildman–Crippen LogP) is 3.57. The highest BCUT2D eigenvalue weighted by molar-refractivity contribution is 5.92. The van der Waals surface area contributed by atoms with Gasteiger partial charge in [-0.15, -0.1) is 0 Å². The summed E-state index contributed by atoms with van der Waals surface area (Å²) in [6.07, 6.45) is 3.12. The number of pyridine rings is 1. The van der Waals surface area contributed by atoms with Gasteiger partial charge < -0.3 is 4.74 Å². The van der Waals surface area contributed by atoms with E-state index in [0.717, 1.165) is 5.56 Å². The number of esters is 1. The molecule has 1 aromatic carbocycles. The zero-order chi connectivity index (χ0) is 16.2. The molecule has 112 valence electrons. The second-order valence-electron chi connectivity index (χ2n) is 5.99. The summed E-state index contributed by atoms with van der Waals surface area (Å²) in [6, 6.07) is 9.74. The molecule has 0 bridgehead atoms. The molecule has 0 spiro atoms. The normalized spacial score (nSPS) is 10.5. The molecule has 0 N–H and O–H groups in total. The maximum atomic E-state index is 11.7. The molecule has 3 heteroatoms. The minimum Gasteiger partial charge on any atom is -0.465 e. The third kappa shape index (κ3) is 3.73. The molecule has 0 atom stereocenters. The van der Waals surface area contributed by atoms with Crippen molar-refractivity contribution in [2.45, 2.75) is 26.2 Å². The Morgan fingerprint density at radius 1 is 1.09 bits per heavy atom. The first kappa shape index (κ1) is 15.8. The van der Waals surface area contributed by atoms with E-state index in [1.54, 1.807) is 18.5 Å². The first-order valence-corrected chi connectivity index (χ1v) is 7.06. The van der Waals surface area contributed by atoms with Gasteiger partial charge in [0.2, 0.25) is 0 Å². The molecular formula is C19H19NO2. The Labute approximate surface area is 131 Å². The van der Waals surface area contributed by atoms with Crippen LogP contribution in [0.5, 0.6) is 0 Å². The van der Waals surface area contributed by atoms with Crippen molar-refractivity contribution in [2.75, 3.05) is 7.11 Å². The largest absolute Gasteiger partial charge is 0.465 e. The fourth-order valence-corrected chi connectivity index (χ4v) is 1.98. The molecule has 0 fully saturated rings. The molecule has 0 saturated heterocycles. The number of ether oxygens (including phenoxy) is 1. The Morgan fingerprint density at radius 2 is 1.77 bits per heavy atom. The SMILES string of the molecule is COC(=O)c1ccncc1C#Cc1ccc(C(C)(C)C)cc1. The average molecular weight is 293 g/mol. The summed E-state index contributed by atoms with van der Waals surface area (Å²) in [6.45, 7) is 6.52. The Morgan fingerprint density at radius 3 is 2.36 bits per heavy atom. The van der Waals surface area contributed by atoms with E-state index >= 15 is 0 Å². The van der Waals surface area contributed by atoms with E-state index in [4.69, 9.17) is 4.74 Å². The monoisotopic (exact) mass is 293 g/mol. The van der Waals surface area contributed by atoms with E-state index in [9.17, 15) is 4.79 Å². The average Bonchev–Trinajstić information content (AvgIpc) is 2.52. The van der Waals surface area contributed by atoms with Crippen LogP contribution in [0.25, 0.3) is 0 Å². The number of carbonyl (C=O) groups is 1. The highest BCUT2D eigenvalue weighted by Crippen LogP contribution is 2.22. The third-order valence-corrected chi connectivity index (χ3v) is 3.32. The highest BCUT2D eigenvalue weighted by atomic mass is 16.5. The van der Waals surface area contributed by atoms with E-state index in [1.165, 1.54) is 12.7 Å². The molecule has 1 aromatic heterocycles. The van der Waals surface area contributed by atoms with Gasteiger partial charge in [0.1, 0.15) is 0 Å². The van der Waals surface area contributed by atoms with Crippen molar-refractivity contribution in [1.29, 1.82) is 0 Å². The van der Waals surface area contributed by atoms with Crippen molar-refractivity contribution in [1.82, 2.24) is 4.98 Å². The van der Waals surface area contributed by atoms with Gasteiger partial charge in [-0.3, -0.25) is 4.98 Å². The first-order valence-electron chi connectivity index (χ1n) is 7.06. The summed E-state index contributed by atoms with van der Waals surface area (Å²) >= 11 is 0. The molecule has 0 amide bonds. The molecule has 0 saturated carbocycles. The highest BCUT2D eigenvalue weighted by Gasteiger charge is 2.12. The maximum Gasteiger partial charge on any atom is 0.339 e. The Kier molecular flexibility index (Phi) is 4.62. The first-order chi connectivity index (χ1) is 10.4. The number of hydrogen-bond acceptors (Lipinski definition) is 3. The summed E-state index contributed by atoms with van der Waals surface area (Å²) < 4.78 is 4.75. The number of nitrogens with zero attached hydrogens (tertiary/aromatic N) is 1. The van der Waals surface area contributed by atoms with E-state index < -0.39 is 5.97 Å². The lowest BCUT2D eigenvalue weighted by Gasteiger charge is -2.18. The topological polar surface area (TPSA) is 39.2 Å². The molecule has 0 aliphatic rings. The molecule has 0 aliphatic carbocycles. The van der Waals surface area contributed by atoms with Crippen molar-refractivity contribution >= 4 is 5.97 Å². The molecule has 0 radical (unpaired) electrons. The number of rotatable bonds is 1. The zero-order valence-corrected chi connectivity index (χ0v) is 13.3. The molecular weight excluding hydrogens is 274 g/mol. The van der Waals surface area contributed by atoms with Crippen LogP contribution in [-0.2, 0) is 10.2 Å². The Balaban J connectivity index is 2.30. The van der Waals surface area contributed by atoms with E-state index in [2.05, 4.69) is 49.7 Å². The second kappa shape index (κ2) is 6.44. The number of aromatic nitrogens is 1. The van der Waals surface area contributed by atoms with Crippen LogP contribution < -0.4 is 0 Å². The lowest BCUT2D eigenvalue weighted by molar-refractivity contribution is 0.0600. The van der Waals surface area contributed by atoms with Gasteiger partial charge in [0.25, 0.3) is 0 Å². The quantitative estimate of drug-likeness (QED) is 0.596. The van der Waals surface area contributed by atoms with Gasteiger partial charge in [0, 0.05) is 18.0 Å². The zero-order valence-electron chi connectivity index (χ0n) is 13.3. The minimum atomic E-state index is -0.408. The van der Waals surface area contributed by atoms with Crippen molar-refractivity contribution in [3.8, 4) is 11.8 Å². The molecule has 3 nitrogen and oxygen atoms in total. The van der Waals surface area contributed by atoms with Gasteiger partial charge in [0.05, 0.1) is 18.2 Å². The van der Waals surface area contributed by atoms with Crippen molar-refractivity contribution in [3.05, 3.63) is 65.0 Å². The van der Waals surface area contributed by atoms with Gasteiger partial charge in [0.15, 0.2) is 0 Å². The third-order valence-electron chi connectivity index (χ3n) is 3.32. The van der Waals surface area contributed by atoms with Crippen LogP contribution >= 0.6 is 0 Å². The lowest BCUT2D eigenvalue weighted by atomic mass is 9.87. The number of carbonyl (C=O) groups excluding carboxylic acids is 1. The van der Waals surface area contributed by atoms with E-state index in [1.807, 2.05) is 12.1 Å². The van der Waals surface area contributed by atoms with Crippen LogP contribution in [0.2, 0.25) is 0 Å². The van der Waals surface area contributed by atoms with Crippen molar-refractivity contribution in [3.63, 3.8) is 0 Å². The summed E-state index contributed by atoms with van der Waals surface area (Å²) in [7, 11) is 1.35.